The summed E-state index contributed by atoms with van der Waals surface area (Å²) in [7, 11) is 0. The molecule has 0 aromatic heterocycles. The smallest absolute Gasteiger partial charge is 0.196 e. The summed E-state index contributed by atoms with van der Waals surface area (Å²) in [5, 5.41) is 9.63. The van der Waals surface area contributed by atoms with Crippen LogP contribution in [0.15, 0.2) is 61.2 Å². The topological polar surface area (TPSA) is 54.4 Å². The largest absolute Gasteiger partial charge is 0.507 e. The van der Waals surface area contributed by atoms with Crippen LogP contribution in [0.2, 0.25) is 0 Å². The van der Waals surface area contributed by atoms with Crippen molar-refractivity contribution >= 4 is 11.6 Å². The van der Waals surface area contributed by atoms with E-state index in [1.807, 2.05) is 0 Å². The number of ketones is 2. The molecule has 2 aromatic carbocycles. The summed E-state index contributed by atoms with van der Waals surface area (Å²) in [5.74, 6) is -0.531. The number of aromatic hydroxyl groups is 1. The van der Waals surface area contributed by atoms with Crippen LogP contribution in [-0.4, -0.2) is 16.7 Å². The molecule has 0 saturated heterocycles. The maximum atomic E-state index is 12.2. The second kappa shape index (κ2) is 5.31. The zero-order chi connectivity index (χ0) is 13.8. The molecule has 2 aromatic rings. The number of phenols is 1. The number of hydrogen-bond acceptors (Lipinski definition) is 3. The number of carbonyl (C=O) groups is 2. The molecule has 0 heterocycles. The fraction of sp³-hybridized carbons (Fsp3) is 0. The van der Waals surface area contributed by atoms with Crippen LogP contribution in [0.3, 0.4) is 0 Å². The van der Waals surface area contributed by atoms with Gasteiger partial charge in [0.05, 0.1) is 5.56 Å². The quantitative estimate of drug-likeness (QED) is 0.672. The molecule has 0 aliphatic carbocycles. The first kappa shape index (κ1) is 12.8. The first-order chi connectivity index (χ1) is 9.13. The normalized spacial score (nSPS) is 9.89. The van der Waals surface area contributed by atoms with Gasteiger partial charge in [0, 0.05) is 11.1 Å². The highest BCUT2D eigenvalue weighted by molar-refractivity contribution is 6.11. The van der Waals surface area contributed by atoms with E-state index < -0.39 is 0 Å². The predicted molar refractivity (Wildman–Crippen MR) is 72.5 cm³/mol. The summed E-state index contributed by atoms with van der Waals surface area (Å²) in [5.41, 5.74) is 1.14. The monoisotopic (exact) mass is 252 g/mol. The van der Waals surface area contributed by atoms with Gasteiger partial charge in [-0.15, -0.1) is 0 Å². The Labute approximate surface area is 110 Å². The van der Waals surface area contributed by atoms with E-state index in [2.05, 4.69) is 6.58 Å². The Morgan fingerprint density at radius 2 is 1.53 bits per heavy atom. The van der Waals surface area contributed by atoms with Gasteiger partial charge >= 0.3 is 0 Å². The molecule has 94 valence electrons. The minimum absolute atomic E-state index is 0.0567. The summed E-state index contributed by atoms with van der Waals surface area (Å²) >= 11 is 0. The van der Waals surface area contributed by atoms with Crippen LogP contribution in [0.1, 0.15) is 26.3 Å². The van der Waals surface area contributed by atoms with Crippen LogP contribution in [-0.2, 0) is 0 Å². The number of benzene rings is 2. The predicted octanol–water partition coefficient (Wildman–Crippen LogP) is 2.99. The Morgan fingerprint density at radius 1 is 0.947 bits per heavy atom. The maximum Gasteiger partial charge on any atom is 0.196 e. The molecule has 3 heteroatoms. The number of phenolic OH excluding ortho intramolecular Hbond substituents is 1. The van der Waals surface area contributed by atoms with Gasteiger partial charge in [0.2, 0.25) is 0 Å². The van der Waals surface area contributed by atoms with Gasteiger partial charge in [-0.1, -0.05) is 43.0 Å². The Bertz CT molecular complexity index is 639. The second-order valence-electron chi connectivity index (χ2n) is 3.99. The molecule has 0 aliphatic rings. The molecule has 0 unspecified atom stereocenters. The van der Waals surface area contributed by atoms with Crippen molar-refractivity contribution in [1.29, 1.82) is 0 Å². The minimum atomic E-state index is -0.282. The number of rotatable bonds is 4. The molecule has 0 aliphatic heterocycles. The van der Waals surface area contributed by atoms with Crippen LogP contribution in [0.4, 0.5) is 0 Å². The van der Waals surface area contributed by atoms with Crippen molar-refractivity contribution in [3.63, 3.8) is 0 Å². The molecular formula is C16H12O3. The van der Waals surface area contributed by atoms with Gasteiger partial charge in [-0.25, -0.2) is 0 Å². The molecule has 0 bridgehead atoms. The van der Waals surface area contributed by atoms with Crippen LogP contribution in [0, 0.1) is 0 Å². The zero-order valence-electron chi connectivity index (χ0n) is 10.2. The Morgan fingerprint density at radius 3 is 2.11 bits per heavy atom. The van der Waals surface area contributed by atoms with Crippen molar-refractivity contribution < 1.29 is 14.7 Å². The van der Waals surface area contributed by atoms with Crippen LogP contribution < -0.4 is 0 Å². The highest BCUT2D eigenvalue weighted by atomic mass is 16.3. The van der Waals surface area contributed by atoms with Crippen molar-refractivity contribution in [2.45, 2.75) is 0 Å². The van der Waals surface area contributed by atoms with Gasteiger partial charge in [-0.05, 0) is 18.2 Å². The molecule has 0 radical (unpaired) electrons. The SMILES string of the molecule is C=CC(=O)c1ccc(C(=O)c2ccccc2O)cc1. The fourth-order valence-corrected chi connectivity index (χ4v) is 1.72. The van der Waals surface area contributed by atoms with Crippen LogP contribution in [0.5, 0.6) is 5.75 Å². The third-order valence-corrected chi connectivity index (χ3v) is 2.77. The molecule has 19 heavy (non-hydrogen) atoms. The Hall–Kier alpha value is -2.68. The first-order valence-corrected chi connectivity index (χ1v) is 5.73. The van der Waals surface area contributed by atoms with Crippen LogP contribution in [0.25, 0.3) is 0 Å². The third kappa shape index (κ3) is 2.60. The van der Waals surface area contributed by atoms with E-state index in [9.17, 15) is 14.7 Å². The zero-order valence-corrected chi connectivity index (χ0v) is 10.2. The number of para-hydroxylation sites is 1. The van der Waals surface area contributed by atoms with Gasteiger partial charge in [0.15, 0.2) is 11.6 Å². The molecule has 0 fully saturated rings. The molecule has 3 nitrogen and oxygen atoms in total. The van der Waals surface area contributed by atoms with Crippen molar-refractivity contribution in [2.75, 3.05) is 0 Å². The average molecular weight is 252 g/mol. The first-order valence-electron chi connectivity index (χ1n) is 5.73. The third-order valence-electron chi connectivity index (χ3n) is 2.77. The van der Waals surface area contributed by atoms with Gasteiger partial charge in [-0.2, -0.15) is 0 Å². The van der Waals surface area contributed by atoms with Crippen molar-refractivity contribution in [2.24, 2.45) is 0 Å². The molecule has 0 amide bonds. The molecule has 0 saturated carbocycles. The van der Waals surface area contributed by atoms with E-state index in [-0.39, 0.29) is 22.9 Å². The molecule has 2 rings (SSSR count). The van der Waals surface area contributed by atoms with E-state index in [1.165, 1.54) is 12.1 Å². The van der Waals surface area contributed by atoms with E-state index in [1.54, 1.807) is 42.5 Å². The van der Waals surface area contributed by atoms with E-state index >= 15 is 0 Å². The Balaban J connectivity index is 2.33. The molecule has 0 atom stereocenters. The van der Waals surface area contributed by atoms with Crippen LogP contribution >= 0.6 is 0 Å². The second-order valence-corrected chi connectivity index (χ2v) is 3.99. The van der Waals surface area contributed by atoms with Crippen molar-refractivity contribution in [3.05, 3.63) is 77.9 Å². The summed E-state index contributed by atoms with van der Waals surface area (Å²) in [6.45, 7) is 3.40. The lowest BCUT2D eigenvalue weighted by molar-refractivity contribution is 0.102. The van der Waals surface area contributed by atoms with Gasteiger partial charge in [0.25, 0.3) is 0 Å². The van der Waals surface area contributed by atoms with E-state index in [0.717, 1.165) is 0 Å². The summed E-state index contributed by atoms with van der Waals surface area (Å²) in [6, 6.07) is 12.6. The van der Waals surface area contributed by atoms with Gasteiger partial charge in [-0.3, -0.25) is 9.59 Å². The summed E-state index contributed by atoms with van der Waals surface area (Å²) < 4.78 is 0. The maximum absolute atomic E-state index is 12.2. The van der Waals surface area contributed by atoms with Gasteiger partial charge < -0.3 is 5.11 Å². The lowest BCUT2D eigenvalue weighted by Gasteiger charge is -2.04. The van der Waals surface area contributed by atoms with Gasteiger partial charge in [0.1, 0.15) is 5.75 Å². The van der Waals surface area contributed by atoms with Crippen molar-refractivity contribution in [3.8, 4) is 5.75 Å². The Kier molecular flexibility index (Phi) is 3.57. The highest BCUT2D eigenvalue weighted by Crippen LogP contribution is 2.20. The molecule has 0 spiro atoms. The highest BCUT2D eigenvalue weighted by Gasteiger charge is 2.13. The lowest BCUT2D eigenvalue weighted by atomic mass is 10.0. The number of hydrogen-bond donors (Lipinski definition) is 1. The average Bonchev–Trinajstić information content (AvgIpc) is 2.46. The lowest BCUT2D eigenvalue weighted by Crippen LogP contribution is -2.02. The van der Waals surface area contributed by atoms with Crippen molar-refractivity contribution in [1.82, 2.24) is 0 Å². The fourth-order valence-electron chi connectivity index (χ4n) is 1.72. The number of carbonyl (C=O) groups excluding carboxylic acids is 2. The summed E-state index contributed by atoms with van der Waals surface area (Å²) in [6.07, 6.45) is 1.22. The molecular weight excluding hydrogens is 240 g/mol. The summed E-state index contributed by atoms with van der Waals surface area (Å²) in [4.78, 5) is 23.5. The standard InChI is InChI=1S/C16H12O3/c1-2-14(17)11-7-9-12(10-8-11)16(19)13-5-3-4-6-15(13)18/h2-10,18H,1H2. The minimum Gasteiger partial charge on any atom is -0.507 e. The molecule has 1 N–H and O–H groups in total. The van der Waals surface area contributed by atoms with E-state index in [4.69, 9.17) is 0 Å². The number of allylic oxidation sites excluding steroid dienone is 1. The van der Waals surface area contributed by atoms with E-state index in [0.29, 0.717) is 11.1 Å².